The molecule has 0 radical (unpaired) electrons. The van der Waals surface area contributed by atoms with Crippen LogP contribution in [0.5, 0.6) is 0 Å². The molecule has 2 fully saturated rings. The van der Waals surface area contributed by atoms with E-state index in [1.165, 1.54) is 12.0 Å². The number of nitrogens with zero attached hydrogens (tertiary/aromatic N) is 2. The smallest absolute Gasteiger partial charge is 0.254 e. The number of aromatic amines is 1. The number of H-pyrrole nitrogens is 1. The van der Waals surface area contributed by atoms with Crippen molar-refractivity contribution in [2.45, 2.75) is 64.1 Å². The Labute approximate surface area is 212 Å². The zero-order valence-corrected chi connectivity index (χ0v) is 21.4. The fourth-order valence-corrected chi connectivity index (χ4v) is 5.44. The molecule has 3 aromatic rings. The van der Waals surface area contributed by atoms with Crippen LogP contribution in [0.2, 0.25) is 0 Å². The summed E-state index contributed by atoms with van der Waals surface area (Å²) in [6.45, 7) is 5.17. The number of nitrogens with two attached hydrogens (primary N) is 1. The minimum atomic E-state index is -1.44. The van der Waals surface area contributed by atoms with Gasteiger partial charge in [-0.05, 0) is 67.5 Å². The number of ether oxygens (including phenoxy) is 1. The van der Waals surface area contributed by atoms with Gasteiger partial charge in [0.15, 0.2) is 0 Å². The van der Waals surface area contributed by atoms with Crippen LogP contribution in [-0.4, -0.2) is 41.0 Å². The van der Waals surface area contributed by atoms with Crippen molar-refractivity contribution in [3.8, 4) is 11.4 Å². The molecular weight excluding hydrogens is 455 g/mol. The van der Waals surface area contributed by atoms with Crippen molar-refractivity contribution in [3.63, 3.8) is 0 Å². The first-order valence-corrected chi connectivity index (χ1v) is 12.8. The number of hydrogen-bond acceptors (Lipinski definition) is 4. The van der Waals surface area contributed by atoms with Gasteiger partial charge in [0.2, 0.25) is 0 Å². The van der Waals surface area contributed by atoms with Gasteiger partial charge in [-0.25, -0.2) is 9.37 Å². The van der Waals surface area contributed by atoms with E-state index in [4.69, 9.17) is 15.5 Å². The van der Waals surface area contributed by atoms with Gasteiger partial charge in [-0.2, -0.15) is 0 Å². The highest BCUT2D eigenvalue weighted by Gasteiger charge is 2.38. The van der Waals surface area contributed by atoms with Crippen molar-refractivity contribution in [2.75, 3.05) is 25.9 Å². The number of anilines is 1. The lowest BCUT2D eigenvalue weighted by Crippen LogP contribution is -2.43. The molecule has 3 N–H and O–H groups in total. The maximum Gasteiger partial charge on any atom is 0.254 e. The number of halogens is 1. The maximum absolute atomic E-state index is 15.7. The Hall–Kier alpha value is -3.19. The zero-order valence-electron chi connectivity index (χ0n) is 21.4. The highest BCUT2D eigenvalue weighted by atomic mass is 19.1. The van der Waals surface area contributed by atoms with Gasteiger partial charge in [-0.15, -0.1) is 0 Å². The molecular formula is C29H35FN4O2. The molecule has 7 heteroatoms. The third-order valence-corrected chi connectivity index (χ3v) is 7.97. The molecule has 1 saturated carbocycles. The van der Waals surface area contributed by atoms with Gasteiger partial charge in [0, 0.05) is 49.9 Å². The lowest BCUT2D eigenvalue weighted by atomic mass is 9.77. The van der Waals surface area contributed by atoms with Crippen molar-refractivity contribution in [3.05, 3.63) is 70.0 Å². The highest BCUT2D eigenvalue weighted by molar-refractivity contribution is 5.97. The number of nitrogens with one attached hydrogen (secondary N) is 1. The Bertz CT molecular complexity index is 1260. The van der Waals surface area contributed by atoms with Crippen molar-refractivity contribution < 1.29 is 13.9 Å². The van der Waals surface area contributed by atoms with Crippen molar-refractivity contribution >= 4 is 11.6 Å². The monoisotopic (exact) mass is 490 g/mol. The maximum atomic E-state index is 15.7. The van der Waals surface area contributed by atoms with E-state index >= 15 is 4.39 Å². The number of imidazole rings is 1. The van der Waals surface area contributed by atoms with E-state index in [0.29, 0.717) is 42.4 Å². The Morgan fingerprint density at radius 2 is 1.89 bits per heavy atom. The molecule has 2 aliphatic rings. The first kappa shape index (κ1) is 24.5. The fourth-order valence-electron chi connectivity index (χ4n) is 5.44. The largest absolute Gasteiger partial charge is 0.399 e. The summed E-state index contributed by atoms with van der Waals surface area (Å²) in [4.78, 5) is 23.7. The van der Waals surface area contributed by atoms with Gasteiger partial charge in [-0.3, -0.25) is 4.79 Å². The van der Waals surface area contributed by atoms with E-state index in [1.54, 1.807) is 36.3 Å². The molecule has 0 atom stereocenters. The summed E-state index contributed by atoms with van der Waals surface area (Å²) < 4.78 is 21.0. The first-order chi connectivity index (χ1) is 17.3. The minimum absolute atomic E-state index is 0.0475. The van der Waals surface area contributed by atoms with Crippen molar-refractivity contribution in [2.24, 2.45) is 0 Å². The first-order valence-electron chi connectivity index (χ1n) is 12.8. The average molecular weight is 491 g/mol. The Balaban J connectivity index is 1.42. The summed E-state index contributed by atoms with van der Waals surface area (Å²) >= 11 is 0. The van der Waals surface area contributed by atoms with Crippen LogP contribution in [0, 0.1) is 13.8 Å². The van der Waals surface area contributed by atoms with Gasteiger partial charge < -0.3 is 20.4 Å². The number of hydrogen-bond donors (Lipinski definition) is 2. The lowest BCUT2D eigenvalue weighted by molar-refractivity contribution is 0.0421. The number of piperidine rings is 1. The quantitative estimate of drug-likeness (QED) is 0.428. The van der Waals surface area contributed by atoms with Crippen molar-refractivity contribution in [1.82, 2.24) is 14.9 Å². The molecule has 1 aromatic heterocycles. The number of likely N-dealkylation sites (tertiary alicyclic amines) is 1. The summed E-state index contributed by atoms with van der Waals surface area (Å²) in [5.74, 6) is 1.22. The SMILES string of the molecule is COCc1[nH]c(-c2cc(C(=O)N3CCC(F)(c4ccc(N)cc4)CC3)c(C)cc2C2CCC2)nc1C. The molecule has 5 rings (SSSR count). The van der Waals surface area contributed by atoms with E-state index in [1.807, 2.05) is 19.9 Å². The predicted octanol–water partition coefficient (Wildman–Crippen LogP) is 5.79. The van der Waals surface area contributed by atoms with Crippen LogP contribution in [0.25, 0.3) is 11.4 Å². The molecule has 2 aromatic carbocycles. The van der Waals surface area contributed by atoms with Crippen LogP contribution >= 0.6 is 0 Å². The number of carbonyl (C=O) groups is 1. The summed E-state index contributed by atoms with van der Waals surface area (Å²) in [7, 11) is 1.67. The number of alkyl halides is 1. The van der Waals surface area contributed by atoms with Crippen LogP contribution in [0.15, 0.2) is 36.4 Å². The van der Waals surface area contributed by atoms with Crippen LogP contribution in [0.1, 0.15) is 76.5 Å². The molecule has 1 amide bonds. The number of aryl methyl sites for hydroxylation is 2. The van der Waals surface area contributed by atoms with Crippen LogP contribution < -0.4 is 5.73 Å². The summed E-state index contributed by atoms with van der Waals surface area (Å²) in [6, 6.07) is 11.1. The van der Waals surface area contributed by atoms with Gasteiger partial charge in [0.05, 0.1) is 18.0 Å². The Morgan fingerprint density at radius 1 is 1.19 bits per heavy atom. The number of amides is 1. The lowest BCUT2D eigenvalue weighted by Gasteiger charge is -2.37. The third-order valence-electron chi connectivity index (χ3n) is 7.97. The van der Waals surface area contributed by atoms with Crippen molar-refractivity contribution in [1.29, 1.82) is 0 Å². The van der Waals surface area contributed by atoms with E-state index in [2.05, 4.69) is 11.1 Å². The average Bonchev–Trinajstić information content (AvgIpc) is 3.19. The molecule has 1 aliphatic heterocycles. The summed E-state index contributed by atoms with van der Waals surface area (Å²) in [6.07, 6.45) is 4.07. The summed E-state index contributed by atoms with van der Waals surface area (Å²) in [5, 5.41) is 0. The van der Waals surface area contributed by atoms with Gasteiger partial charge in [0.1, 0.15) is 11.5 Å². The summed E-state index contributed by atoms with van der Waals surface area (Å²) in [5.41, 5.74) is 11.3. The van der Waals surface area contributed by atoms with E-state index in [-0.39, 0.29) is 18.7 Å². The molecule has 0 spiro atoms. The molecule has 1 aliphatic carbocycles. The second-order valence-electron chi connectivity index (χ2n) is 10.3. The fraction of sp³-hybridized carbons (Fsp3) is 0.448. The number of carbonyl (C=O) groups excluding carboxylic acids is 1. The minimum Gasteiger partial charge on any atom is -0.399 e. The standard InChI is InChI=1S/C29H35FN4O2/c1-18-15-24(20-5-4-6-20)25(27-32-19(2)26(33-27)17-36-3)16-23(18)28(35)34-13-11-29(30,12-14-34)21-7-9-22(31)10-8-21/h7-10,15-16,20H,4-6,11-14,17,31H2,1-3H3,(H,32,33). The second-order valence-corrected chi connectivity index (χ2v) is 10.3. The molecule has 36 heavy (non-hydrogen) atoms. The molecule has 0 unspecified atom stereocenters. The second kappa shape index (κ2) is 9.69. The zero-order chi connectivity index (χ0) is 25.4. The molecule has 2 heterocycles. The van der Waals surface area contributed by atoms with Gasteiger partial charge in [0.25, 0.3) is 5.91 Å². The van der Waals surface area contributed by atoms with E-state index in [0.717, 1.165) is 41.2 Å². The van der Waals surface area contributed by atoms with Gasteiger partial charge in [-0.1, -0.05) is 24.6 Å². The molecule has 1 saturated heterocycles. The van der Waals surface area contributed by atoms with E-state index in [9.17, 15) is 4.79 Å². The number of rotatable bonds is 6. The number of aromatic nitrogens is 2. The van der Waals surface area contributed by atoms with Crippen LogP contribution in [0.4, 0.5) is 10.1 Å². The molecule has 0 bridgehead atoms. The molecule has 6 nitrogen and oxygen atoms in total. The van der Waals surface area contributed by atoms with Crippen LogP contribution in [0.3, 0.4) is 0 Å². The topological polar surface area (TPSA) is 84.2 Å². The predicted molar refractivity (Wildman–Crippen MR) is 140 cm³/mol. The normalized spacial score (nSPS) is 17.7. The Morgan fingerprint density at radius 3 is 2.50 bits per heavy atom. The van der Waals surface area contributed by atoms with E-state index < -0.39 is 5.67 Å². The number of methoxy groups -OCH3 is 1. The number of nitrogen functional groups attached to an aromatic ring is 1. The Kier molecular flexibility index (Phi) is 6.60. The third kappa shape index (κ3) is 4.52. The highest BCUT2D eigenvalue weighted by Crippen LogP contribution is 2.42. The molecule has 190 valence electrons. The van der Waals surface area contributed by atoms with Crippen LogP contribution in [-0.2, 0) is 17.0 Å². The number of benzene rings is 2. The van der Waals surface area contributed by atoms with Gasteiger partial charge >= 0.3 is 0 Å².